The third-order valence-corrected chi connectivity index (χ3v) is 4.45. The number of aromatic nitrogens is 2. The number of rotatable bonds is 7. The van der Waals surface area contributed by atoms with Gasteiger partial charge in [-0.15, -0.1) is 0 Å². The summed E-state index contributed by atoms with van der Waals surface area (Å²) < 4.78 is 59.6. The number of methoxy groups -OCH3 is 1. The molecule has 11 heteroatoms. The zero-order valence-corrected chi connectivity index (χ0v) is 16.9. The molecule has 170 valence electrons. The third-order valence-electron chi connectivity index (χ3n) is 4.45. The van der Waals surface area contributed by atoms with Gasteiger partial charge in [0.25, 0.3) is 0 Å². The van der Waals surface area contributed by atoms with E-state index >= 15 is 0 Å². The molecule has 0 spiro atoms. The van der Waals surface area contributed by atoms with Gasteiger partial charge in [-0.1, -0.05) is 18.2 Å². The Labute approximate surface area is 180 Å². The van der Waals surface area contributed by atoms with Crippen molar-refractivity contribution in [3.63, 3.8) is 0 Å². The Balaban J connectivity index is 1.79. The van der Waals surface area contributed by atoms with Crippen LogP contribution in [0.25, 0.3) is 5.69 Å². The first-order chi connectivity index (χ1) is 15.2. The van der Waals surface area contributed by atoms with Gasteiger partial charge in [0, 0.05) is 18.4 Å². The fourth-order valence-electron chi connectivity index (χ4n) is 2.95. The van der Waals surface area contributed by atoms with Crippen molar-refractivity contribution < 1.29 is 32.2 Å². The molecule has 0 saturated carbocycles. The largest absolute Gasteiger partial charge is 0.435 e. The highest BCUT2D eigenvalue weighted by atomic mass is 19.4. The lowest BCUT2D eigenvalue weighted by Crippen LogP contribution is -2.29. The lowest BCUT2D eigenvalue weighted by Gasteiger charge is -2.11. The first kappa shape index (κ1) is 23.2. The number of hydrogen-bond acceptors (Lipinski definition) is 4. The van der Waals surface area contributed by atoms with Crippen LogP contribution in [0, 0.1) is 5.82 Å². The Hall–Kier alpha value is -3.44. The normalized spacial score (nSPS) is 11.4. The maximum absolute atomic E-state index is 13.7. The van der Waals surface area contributed by atoms with E-state index in [1.54, 1.807) is 24.3 Å². The van der Waals surface area contributed by atoms with Crippen LogP contribution in [0.4, 0.5) is 28.0 Å². The average molecular weight is 452 g/mol. The van der Waals surface area contributed by atoms with Crippen LogP contribution in [0.15, 0.2) is 48.5 Å². The van der Waals surface area contributed by atoms with Crippen LogP contribution in [0.3, 0.4) is 0 Å². The van der Waals surface area contributed by atoms with E-state index in [0.29, 0.717) is 5.69 Å². The summed E-state index contributed by atoms with van der Waals surface area (Å²) in [6.45, 7) is -0.501. The zero-order valence-electron chi connectivity index (χ0n) is 16.9. The number of halogens is 4. The number of alkyl halides is 3. The number of nitrogens with zero attached hydrogens (tertiary/aromatic N) is 2. The predicted octanol–water partition coefficient (Wildman–Crippen LogP) is 3.99. The molecule has 0 fully saturated rings. The van der Waals surface area contributed by atoms with E-state index in [9.17, 15) is 22.4 Å². The molecule has 32 heavy (non-hydrogen) atoms. The Morgan fingerprint density at radius 1 is 1.19 bits per heavy atom. The Morgan fingerprint density at radius 3 is 2.62 bits per heavy atom. The van der Waals surface area contributed by atoms with E-state index in [-0.39, 0.29) is 30.1 Å². The molecule has 3 rings (SSSR count). The average Bonchev–Trinajstić information content (AvgIpc) is 3.18. The van der Waals surface area contributed by atoms with E-state index in [0.717, 1.165) is 22.4 Å². The van der Waals surface area contributed by atoms with Gasteiger partial charge in [-0.25, -0.2) is 13.9 Å². The van der Waals surface area contributed by atoms with Crippen LogP contribution in [-0.2, 0) is 30.7 Å². The van der Waals surface area contributed by atoms with Crippen LogP contribution in [0.2, 0.25) is 0 Å². The molecule has 2 aromatic carbocycles. The molecule has 3 aromatic rings. The zero-order chi connectivity index (χ0) is 23.3. The van der Waals surface area contributed by atoms with Crippen LogP contribution in [0.1, 0.15) is 22.5 Å². The van der Waals surface area contributed by atoms with Gasteiger partial charge in [-0.2, -0.15) is 18.3 Å². The minimum atomic E-state index is -4.67. The lowest BCUT2D eigenvalue weighted by atomic mass is 10.2. The highest BCUT2D eigenvalue weighted by Gasteiger charge is 2.35. The standard InChI is InChI=1S/C21H20F4N4O3/c1-32-12-13-3-2-4-16(7-13)29-17(9-19(28-29)21(23,24)25)10-26-20(31)27-15-6-5-14(11-30)18(22)8-15/h2-9,30H,10-12H2,1H3,(H2,26,27,31). The Morgan fingerprint density at radius 2 is 1.97 bits per heavy atom. The summed E-state index contributed by atoms with van der Waals surface area (Å²) in [5.74, 6) is -0.700. The minimum Gasteiger partial charge on any atom is -0.392 e. The second kappa shape index (κ2) is 9.79. The first-order valence-corrected chi connectivity index (χ1v) is 9.39. The molecule has 0 aliphatic carbocycles. The number of hydrogen-bond donors (Lipinski definition) is 3. The van der Waals surface area contributed by atoms with E-state index in [4.69, 9.17) is 9.84 Å². The molecule has 0 atom stereocenters. The second-order valence-electron chi connectivity index (χ2n) is 6.81. The van der Waals surface area contributed by atoms with E-state index in [1.807, 2.05) is 0 Å². The van der Waals surface area contributed by atoms with Gasteiger partial charge < -0.3 is 20.5 Å². The number of ether oxygens (including phenoxy) is 1. The maximum Gasteiger partial charge on any atom is 0.435 e. The number of urea groups is 1. The molecule has 0 aliphatic heterocycles. The molecular weight excluding hydrogens is 432 g/mol. The number of aliphatic hydroxyl groups is 1. The molecule has 2 amide bonds. The second-order valence-corrected chi connectivity index (χ2v) is 6.81. The molecule has 0 bridgehead atoms. The van der Waals surface area contributed by atoms with Gasteiger partial charge in [-0.05, 0) is 35.9 Å². The van der Waals surface area contributed by atoms with Gasteiger partial charge in [0.1, 0.15) is 5.82 Å². The van der Waals surface area contributed by atoms with Crippen molar-refractivity contribution in [3.05, 3.63) is 76.9 Å². The molecule has 0 unspecified atom stereocenters. The van der Waals surface area contributed by atoms with Crippen molar-refractivity contribution in [2.24, 2.45) is 0 Å². The predicted molar refractivity (Wildman–Crippen MR) is 107 cm³/mol. The van der Waals surface area contributed by atoms with Crippen molar-refractivity contribution in [1.29, 1.82) is 0 Å². The highest BCUT2D eigenvalue weighted by molar-refractivity contribution is 5.89. The SMILES string of the molecule is COCc1cccc(-n2nc(C(F)(F)F)cc2CNC(=O)Nc2ccc(CO)c(F)c2)c1. The Bertz CT molecular complexity index is 1100. The molecule has 7 nitrogen and oxygen atoms in total. The van der Waals surface area contributed by atoms with Gasteiger partial charge in [0.2, 0.25) is 0 Å². The van der Waals surface area contributed by atoms with E-state index < -0.39 is 30.3 Å². The fraction of sp³-hybridized carbons (Fsp3) is 0.238. The molecule has 1 aromatic heterocycles. The number of benzene rings is 2. The van der Waals surface area contributed by atoms with Gasteiger partial charge in [0.15, 0.2) is 5.69 Å². The van der Waals surface area contributed by atoms with Crippen LogP contribution in [-0.4, -0.2) is 28.0 Å². The maximum atomic E-state index is 13.7. The molecule has 3 N–H and O–H groups in total. The number of carbonyl (C=O) groups excluding carboxylic acids is 1. The number of carbonyl (C=O) groups is 1. The summed E-state index contributed by atoms with van der Waals surface area (Å²) in [5.41, 5.74) is 0.273. The number of aliphatic hydroxyl groups excluding tert-OH is 1. The van der Waals surface area contributed by atoms with Crippen LogP contribution < -0.4 is 10.6 Å². The van der Waals surface area contributed by atoms with Crippen molar-refractivity contribution in [3.8, 4) is 5.69 Å². The number of amides is 2. The third kappa shape index (κ3) is 5.62. The van der Waals surface area contributed by atoms with E-state index in [2.05, 4.69) is 15.7 Å². The summed E-state index contributed by atoms with van der Waals surface area (Å²) >= 11 is 0. The van der Waals surface area contributed by atoms with Crippen molar-refractivity contribution in [2.75, 3.05) is 12.4 Å². The molecule has 0 aliphatic rings. The minimum absolute atomic E-state index is 0.0650. The molecule has 1 heterocycles. The smallest absolute Gasteiger partial charge is 0.392 e. The lowest BCUT2D eigenvalue weighted by molar-refractivity contribution is -0.141. The van der Waals surface area contributed by atoms with Gasteiger partial charge >= 0.3 is 12.2 Å². The molecule has 0 saturated heterocycles. The van der Waals surface area contributed by atoms with Crippen molar-refractivity contribution in [2.45, 2.75) is 25.9 Å². The molecular formula is C21H20F4N4O3. The van der Waals surface area contributed by atoms with Crippen molar-refractivity contribution in [1.82, 2.24) is 15.1 Å². The highest BCUT2D eigenvalue weighted by Crippen LogP contribution is 2.29. The fourth-order valence-corrected chi connectivity index (χ4v) is 2.95. The van der Waals surface area contributed by atoms with E-state index in [1.165, 1.54) is 19.2 Å². The number of nitrogens with one attached hydrogen (secondary N) is 2. The first-order valence-electron chi connectivity index (χ1n) is 9.39. The summed E-state index contributed by atoms with van der Waals surface area (Å²) in [6.07, 6.45) is -4.67. The Kier molecular flexibility index (Phi) is 7.11. The molecule has 0 radical (unpaired) electrons. The van der Waals surface area contributed by atoms with Crippen molar-refractivity contribution >= 4 is 11.7 Å². The summed E-state index contributed by atoms with van der Waals surface area (Å²) in [6, 6.07) is 10.4. The van der Waals surface area contributed by atoms with Gasteiger partial charge in [0.05, 0.1) is 31.1 Å². The summed E-state index contributed by atoms with van der Waals surface area (Å²) in [5, 5.41) is 17.5. The monoisotopic (exact) mass is 452 g/mol. The van der Waals surface area contributed by atoms with Crippen LogP contribution >= 0.6 is 0 Å². The number of anilines is 1. The summed E-state index contributed by atoms with van der Waals surface area (Å²) in [7, 11) is 1.50. The topological polar surface area (TPSA) is 88.4 Å². The van der Waals surface area contributed by atoms with Crippen LogP contribution in [0.5, 0.6) is 0 Å². The summed E-state index contributed by atoms with van der Waals surface area (Å²) in [4.78, 5) is 12.2. The quantitative estimate of drug-likeness (QED) is 0.473. The van der Waals surface area contributed by atoms with Gasteiger partial charge in [-0.3, -0.25) is 0 Å².